The molecule has 1 heterocycles. The summed E-state index contributed by atoms with van der Waals surface area (Å²) >= 11 is 3.39. The number of rotatable bonds is 5. The zero-order valence-electron chi connectivity index (χ0n) is 18.2. The first-order valence-corrected chi connectivity index (χ1v) is 11.6. The van der Waals surface area contributed by atoms with E-state index in [-0.39, 0.29) is 18.3 Å². The lowest BCUT2D eigenvalue weighted by molar-refractivity contribution is 0.00578. The van der Waals surface area contributed by atoms with Gasteiger partial charge in [0.15, 0.2) is 0 Å². The van der Waals surface area contributed by atoms with Crippen LogP contribution in [0.1, 0.15) is 53.4 Å². The predicted octanol–water partition coefficient (Wildman–Crippen LogP) is 5.52. The Morgan fingerprint density at radius 2 is 1.30 bits per heavy atom. The van der Waals surface area contributed by atoms with Crippen LogP contribution in [0.4, 0.5) is 0 Å². The van der Waals surface area contributed by atoms with Crippen molar-refractivity contribution in [3.05, 3.63) is 53.0 Å². The normalized spacial score (nSPS) is 21.6. The Kier molecular flexibility index (Phi) is 6.20. The molecular weight excluding hydrogens is 443 g/mol. The molecule has 4 nitrogen and oxygen atoms in total. The molecule has 3 aliphatic rings. The molecule has 0 bridgehead atoms. The average molecular weight is 473 g/mol. The van der Waals surface area contributed by atoms with Gasteiger partial charge in [0.05, 0.1) is 23.4 Å². The van der Waals surface area contributed by atoms with Gasteiger partial charge < -0.3 is 18.8 Å². The Morgan fingerprint density at radius 1 is 0.800 bits per heavy atom. The van der Waals surface area contributed by atoms with Gasteiger partial charge in [0, 0.05) is 4.47 Å². The molecule has 0 N–H and O–H groups in total. The standard InChI is InChI=1S/C15H21BO3.C9H9BrO/c1-14(2)15(3,4)19-16(18-14)11-6-5-7-13(10-11)17-12-8-9-12;10-7-2-1-3-9(6-7)11-8-4-5-8/h5-7,10,12H,8-9H2,1-4H3;1-3,6,8H,4-5H2. The van der Waals surface area contributed by atoms with Crippen molar-refractivity contribution < 1.29 is 18.8 Å². The van der Waals surface area contributed by atoms with Crippen molar-refractivity contribution in [2.24, 2.45) is 0 Å². The smallest absolute Gasteiger partial charge is 0.490 e. The highest BCUT2D eigenvalue weighted by Gasteiger charge is 2.51. The summed E-state index contributed by atoms with van der Waals surface area (Å²) in [5.74, 6) is 1.89. The highest BCUT2D eigenvalue weighted by molar-refractivity contribution is 9.10. The lowest BCUT2D eigenvalue weighted by Crippen LogP contribution is -2.41. The summed E-state index contributed by atoms with van der Waals surface area (Å²) in [6.45, 7) is 8.27. The van der Waals surface area contributed by atoms with E-state index in [1.54, 1.807) is 0 Å². The highest BCUT2D eigenvalue weighted by atomic mass is 79.9. The molecule has 0 amide bonds. The third-order valence-corrected chi connectivity index (χ3v) is 6.33. The fourth-order valence-electron chi connectivity index (χ4n) is 3.01. The van der Waals surface area contributed by atoms with E-state index >= 15 is 0 Å². The Balaban J connectivity index is 0.000000168. The fourth-order valence-corrected chi connectivity index (χ4v) is 3.39. The molecule has 3 fully saturated rings. The van der Waals surface area contributed by atoms with Gasteiger partial charge in [0.1, 0.15) is 11.5 Å². The van der Waals surface area contributed by atoms with Gasteiger partial charge in [-0.1, -0.05) is 34.1 Å². The second kappa shape index (κ2) is 8.56. The minimum absolute atomic E-state index is 0.301. The van der Waals surface area contributed by atoms with E-state index < -0.39 is 0 Å². The average Bonchev–Trinajstić information content (AvgIpc) is 3.59. The number of halogens is 1. The van der Waals surface area contributed by atoms with Gasteiger partial charge >= 0.3 is 7.12 Å². The highest BCUT2D eigenvalue weighted by Crippen LogP contribution is 2.36. The van der Waals surface area contributed by atoms with Crippen LogP contribution in [0.2, 0.25) is 0 Å². The Hall–Kier alpha value is -1.50. The third-order valence-electron chi connectivity index (χ3n) is 5.83. The van der Waals surface area contributed by atoms with Crippen molar-refractivity contribution in [1.82, 2.24) is 0 Å². The second-order valence-electron chi connectivity index (χ2n) is 9.25. The van der Waals surface area contributed by atoms with Crippen molar-refractivity contribution in [2.75, 3.05) is 0 Å². The van der Waals surface area contributed by atoms with E-state index in [1.165, 1.54) is 25.7 Å². The molecule has 0 unspecified atom stereocenters. The van der Waals surface area contributed by atoms with Crippen LogP contribution < -0.4 is 14.9 Å². The molecule has 0 atom stereocenters. The largest absolute Gasteiger partial charge is 0.494 e. The summed E-state index contributed by atoms with van der Waals surface area (Å²) in [5.41, 5.74) is 0.424. The molecular formula is C24H30BBrO4. The Bertz CT molecular complexity index is 861. The predicted molar refractivity (Wildman–Crippen MR) is 124 cm³/mol. The molecule has 2 aromatic rings. The SMILES string of the molecule is Brc1cccc(OC2CC2)c1.CC1(C)OB(c2cccc(OC3CC3)c2)OC1(C)C. The zero-order chi connectivity index (χ0) is 21.4. The lowest BCUT2D eigenvalue weighted by atomic mass is 9.79. The van der Waals surface area contributed by atoms with Gasteiger partial charge in [-0.25, -0.2) is 0 Å². The summed E-state index contributed by atoms with van der Waals surface area (Å²) in [5, 5.41) is 0. The lowest BCUT2D eigenvalue weighted by Gasteiger charge is -2.32. The molecule has 2 aromatic carbocycles. The molecule has 160 valence electrons. The second-order valence-corrected chi connectivity index (χ2v) is 10.2. The molecule has 1 saturated heterocycles. The molecule has 0 radical (unpaired) electrons. The minimum Gasteiger partial charge on any atom is -0.490 e. The summed E-state index contributed by atoms with van der Waals surface area (Å²) in [6, 6.07) is 16.0. The first-order chi connectivity index (χ1) is 14.2. The van der Waals surface area contributed by atoms with Crippen LogP contribution in [0.3, 0.4) is 0 Å². The maximum absolute atomic E-state index is 6.05. The first-order valence-electron chi connectivity index (χ1n) is 10.8. The quantitative estimate of drug-likeness (QED) is 0.537. The van der Waals surface area contributed by atoms with Gasteiger partial charge in [-0.3, -0.25) is 0 Å². The fraction of sp³-hybridized carbons (Fsp3) is 0.500. The van der Waals surface area contributed by atoms with Gasteiger partial charge in [0.2, 0.25) is 0 Å². The van der Waals surface area contributed by atoms with Crippen molar-refractivity contribution >= 4 is 28.5 Å². The number of ether oxygens (including phenoxy) is 2. The Morgan fingerprint density at radius 3 is 1.80 bits per heavy atom. The monoisotopic (exact) mass is 472 g/mol. The number of hydrogen-bond donors (Lipinski definition) is 0. The first kappa shape index (κ1) is 21.7. The van der Waals surface area contributed by atoms with E-state index in [0.717, 1.165) is 21.4 Å². The van der Waals surface area contributed by atoms with Crippen molar-refractivity contribution in [3.8, 4) is 11.5 Å². The summed E-state index contributed by atoms with van der Waals surface area (Å²) in [4.78, 5) is 0. The van der Waals surface area contributed by atoms with Crippen LogP contribution in [0.25, 0.3) is 0 Å². The minimum atomic E-state index is -0.312. The molecule has 1 aliphatic heterocycles. The van der Waals surface area contributed by atoms with E-state index in [2.05, 4.69) is 43.6 Å². The molecule has 6 heteroatoms. The van der Waals surface area contributed by atoms with Gasteiger partial charge in [-0.2, -0.15) is 0 Å². The molecule has 0 spiro atoms. The molecule has 0 aromatic heterocycles. The Labute approximate surface area is 188 Å². The van der Waals surface area contributed by atoms with Crippen molar-refractivity contribution in [1.29, 1.82) is 0 Å². The van der Waals surface area contributed by atoms with Crippen LogP contribution in [-0.4, -0.2) is 30.5 Å². The van der Waals surface area contributed by atoms with Crippen LogP contribution in [-0.2, 0) is 9.31 Å². The van der Waals surface area contributed by atoms with E-state index in [1.807, 2.05) is 48.5 Å². The molecule has 30 heavy (non-hydrogen) atoms. The van der Waals surface area contributed by atoms with E-state index in [4.69, 9.17) is 18.8 Å². The van der Waals surface area contributed by atoms with Crippen LogP contribution in [0, 0.1) is 0 Å². The molecule has 2 aliphatic carbocycles. The maximum Gasteiger partial charge on any atom is 0.494 e. The van der Waals surface area contributed by atoms with Crippen LogP contribution >= 0.6 is 15.9 Å². The summed E-state index contributed by atoms with van der Waals surface area (Å²) in [7, 11) is -0.312. The van der Waals surface area contributed by atoms with Gasteiger partial charge in [0.25, 0.3) is 0 Å². The van der Waals surface area contributed by atoms with Gasteiger partial charge in [-0.05, 0) is 89.2 Å². The van der Waals surface area contributed by atoms with E-state index in [0.29, 0.717) is 12.2 Å². The van der Waals surface area contributed by atoms with Gasteiger partial charge in [-0.15, -0.1) is 0 Å². The van der Waals surface area contributed by atoms with E-state index in [9.17, 15) is 0 Å². The van der Waals surface area contributed by atoms with Crippen LogP contribution in [0.5, 0.6) is 11.5 Å². The summed E-state index contributed by atoms with van der Waals surface area (Å²) < 4.78 is 24.6. The third kappa shape index (κ3) is 5.60. The van der Waals surface area contributed by atoms with Crippen molar-refractivity contribution in [2.45, 2.75) is 76.8 Å². The molecule has 2 saturated carbocycles. The maximum atomic E-state index is 6.05. The van der Waals surface area contributed by atoms with Crippen LogP contribution in [0.15, 0.2) is 53.0 Å². The molecule has 5 rings (SSSR count). The number of benzene rings is 2. The zero-order valence-corrected chi connectivity index (χ0v) is 19.8. The summed E-state index contributed by atoms with van der Waals surface area (Å²) in [6.07, 6.45) is 5.67. The number of hydrogen-bond acceptors (Lipinski definition) is 4. The topological polar surface area (TPSA) is 36.9 Å². The van der Waals surface area contributed by atoms with Crippen molar-refractivity contribution in [3.63, 3.8) is 0 Å².